The van der Waals surface area contributed by atoms with E-state index in [1.165, 1.54) is 0 Å². The van der Waals surface area contributed by atoms with Crippen LogP contribution in [0, 0.1) is 0 Å². The number of aliphatic hydroxyl groups is 1. The molecule has 0 bridgehead atoms. The Balaban J connectivity index is 2.00. The summed E-state index contributed by atoms with van der Waals surface area (Å²) in [5.74, 6) is 0.624. The van der Waals surface area contributed by atoms with Gasteiger partial charge in [-0.3, -0.25) is 0 Å². The van der Waals surface area contributed by atoms with Crippen LogP contribution in [0.4, 0.5) is 5.82 Å². The lowest BCUT2D eigenvalue weighted by Crippen LogP contribution is -2.42. The summed E-state index contributed by atoms with van der Waals surface area (Å²) >= 11 is 0.920. The molecule has 0 spiro atoms. The van der Waals surface area contributed by atoms with Crippen LogP contribution in [0.15, 0.2) is 0 Å². The Morgan fingerprint density at radius 3 is 3.05 bits per heavy atom. The Labute approximate surface area is 139 Å². The van der Waals surface area contributed by atoms with Crippen LogP contribution in [0.3, 0.4) is 0 Å². The Bertz CT molecular complexity index is 633. The highest BCUT2D eigenvalue weighted by atomic mass is 32.1. The zero-order valence-corrected chi connectivity index (χ0v) is 12.6. The van der Waals surface area contributed by atoms with E-state index in [0.717, 1.165) is 18.7 Å². The fraction of sp³-hybridized carbons (Fsp3) is 0.846. The number of ether oxygens (including phenoxy) is 2. The maximum Gasteiger partial charge on any atom is 0.270 e. The molecular formula is C13H24N4O3S. The Kier molecular flexibility index (Phi) is 3.23. The van der Waals surface area contributed by atoms with Gasteiger partial charge >= 0.3 is 0 Å². The molecule has 2 rings (SSSR count). The molecule has 1 fully saturated rings. The fourth-order valence-corrected chi connectivity index (χ4v) is 2.24. The Hall–Kier alpha value is -0.960. The first-order valence-electron chi connectivity index (χ1n) is 10.0. The molecule has 0 aliphatic carbocycles. The van der Waals surface area contributed by atoms with Crippen molar-refractivity contribution in [3.05, 3.63) is 0 Å². The normalized spacial score (nSPS) is 25.4. The predicted octanol–water partition coefficient (Wildman–Crippen LogP) is 0.502. The van der Waals surface area contributed by atoms with E-state index in [0.29, 0.717) is 32.1 Å². The first kappa shape index (κ1) is 9.24. The lowest BCUT2D eigenvalue weighted by atomic mass is 10.1. The SMILES string of the molecule is [2H]C([2H])([2H])C(C)(NC[C@]([2H])(O)COc1nsnc1N1CCOCC1)C([2H])([2H])[2H]. The molecule has 2 N–H and O–H groups in total. The molecule has 1 aromatic rings. The summed E-state index contributed by atoms with van der Waals surface area (Å²) in [6, 6.07) is 0. The van der Waals surface area contributed by atoms with Gasteiger partial charge in [0, 0.05) is 33.4 Å². The molecule has 0 radical (unpaired) electrons. The number of anilines is 1. The second kappa shape index (κ2) is 7.35. The first-order valence-corrected chi connectivity index (χ1v) is 7.25. The van der Waals surface area contributed by atoms with Gasteiger partial charge in [-0.05, 0) is 20.6 Å². The van der Waals surface area contributed by atoms with Gasteiger partial charge in [-0.15, -0.1) is 4.37 Å². The summed E-state index contributed by atoms with van der Waals surface area (Å²) in [7, 11) is 0. The lowest BCUT2D eigenvalue weighted by Gasteiger charge is -2.27. The molecule has 1 aliphatic heterocycles. The number of morpholine rings is 1. The summed E-state index contributed by atoms with van der Waals surface area (Å²) in [5.41, 5.74) is -2.30. The largest absolute Gasteiger partial charge is 0.472 e. The number of nitrogens with zero attached hydrogens (tertiary/aromatic N) is 3. The van der Waals surface area contributed by atoms with Gasteiger partial charge in [0.05, 0.1) is 26.3 Å². The van der Waals surface area contributed by atoms with E-state index in [4.69, 9.17) is 19.1 Å². The highest BCUT2D eigenvalue weighted by Gasteiger charge is 2.21. The number of aromatic nitrogens is 2. The standard InChI is InChI=1S/C13H24N4O3S/c1-13(2,3)14-8-10(18)9-20-12-11(15-21-16-12)17-4-6-19-7-5-17/h10,14,18H,4-9H2,1-3H3/t10-/m0/s1/i1D3,2D3,10D. The molecule has 0 unspecified atom stereocenters. The predicted molar refractivity (Wildman–Crippen MR) is 82.2 cm³/mol. The van der Waals surface area contributed by atoms with E-state index in [1.807, 2.05) is 4.90 Å². The number of hydrogen-bond acceptors (Lipinski definition) is 8. The highest BCUT2D eigenvalue weighted by molar-refractivity contribution is 6.99. The van der Waals surface area contributed by atoms with Crippen molar-refractivity contribution in [3.63, 3.8) is 0 Å². The molecule has 1 aromatic heterocycles. The minimum absolute atomic E-state index is 0.145. The topological polar surface area (TPSA) is 79.7 Å². The van der Waals surface area contributed by atoms with Crippen molar-refractivity contribution in [2.45, 2.75) is 32.2 Å². The molecule has 0 aromatic carbocycles. The summed E-state index contributed by atoms with van der Waals surface area (Å²) < 4.78 is 71.9. The minimum Gasteiger partial charge on any atom is -0.472 e. The summed E-state index contributed by atoms with van der Waals surface area (Å²) in [6.45, 7) is -3.66. The van der Waals surface area contributed by atoms with Crippen molar-refractivity contribution in [2.75, 3.05) is 44.4 Å². The van der Waals surface area contributed by atoms with Crippen LogP contribution in [-0.4, -0.2) is 64.9 Å². The van der Waals surface area contributed by atoms with Gasteiger partial charge in [-0.1, -0.05) is 0 Å². The van der Waals surface area contributed by atoms with Crippen molar-refractivity contribution in [2.24, 2.45) is 0 Å². The van der Waals surface area contributed by atoms with Gasteiger partial charge in [-0.25, -0.2) is 0 Å². The van der Waals surface area contributed by atoms with Gasteiger partial charge in [0.15, 0.2) is 0 Å². The zero-order valence-electron chi connectivity index (χ0n) is 18.8. The molecule has 1 aliphatic rings. The molecule has 120 valence electrons. The Morgan fingerprint density at radius 1 is 1.57 bits per heavy atom. The molecule has 21 heavy (non-hydrogen) atoms. The number of nitrogens with one attached hydrogen (secondary N) is 1. The smallest absolute Gasteiger partial charge is 0.270 e. The lowest BCUT2D eigenvalue weighted by molar-refractivity contribution is 0.0975. The molecule has 0 amide bonds. The van der Waals surface area contributed by atoms with Crippen molar-refractivity contribution in [1.29, 1.82) is 0 Å². The van der Waals surface area contributed by atoms with Crippen LogP contribution in [0.1, 0.15) is 30.2 Å². The molecule has 1 saturated heterocycles. The number of rotatable bonds is 6. The minimum atomic E-state index is -2.88. The van der Waals surface area contributed by atoms with E-state index in [1.54, 1.807) is 0 Å². The first-order chi connectivity index (χ1) is 12.8. The van der Waals surface area contributed by atoms with Crippen molar-refractivity contribution in [3.8, 4) is 5.88 Å². The zero-order chi connectivity index (χ0) is 21.2. The van der Waals surface area contributed by atoms with Crippen LogP contribution in [0.2, 0.25) is 0 Å². The third kappa shape index (κ3) is 5.39. The van der Waals surface area contributed by atoms with Crippen molar-refractivity contribution < 1.29 is 24.2 Å². The van der Waals surface area contributed by atoms with E-state index >= 15 is 0 Å². The quantitative estimate of drug-likeness (QED) is 0.789. The van der Waals surface area contributed by atoms with E-state index in [2.05, 4.69) is 14.1 Å². The van der Waals surface area contributed by atoms with Gasteiger partial charge < -0.3 is 24.8 Å². The molecule has 8 heteroatoms. The molecule has 1 atom stereocenters. The number of β-amino-alcohol motifs (C(OH)–C–C–N with tert-alkyl or cyclic N) is 1. The van der Waals surface area contributed by atoms with E-state index < -0.39 is 38.5 Å². The van der Waals surface area contributed by atoms with Crippen molar-refractivity contribution >= 4 is 17.5 Å². The monoisotopic (exact) mass is 323 g/mol. The van der Waals surface area contributed by atoms with Crippen LogP contribution < -0.4 is 15.0 Å². The summed E-state index contributed by atoms with van der Waals surface area (Å²) in [4.78, 5) is 1.91. The van der Waals surface area contributed by atoms with Gasteiger partial charge in [-0.2, -0.15) is 4.37 Å². The van der Waals surface area contributed by atoms with Gasteiger partial charge in [0.1, 0.15) is 12.7 Å². The summed E-state index contributed by atoms with van der Waals surface area (Å²) in [6.07, 6.45) is -2.29. The van der Waals surface area contributed by atoms with Gasteiger partial charge in [0.2, 0.25) is 5.82 Å². The molecule has 0 saturated carbocycles. The van der Waals surface area contributed by atoms with Crippen LogP contribution in [0.5, 0.6) is 5.88 Å². The van der Waals surface area contributed by atoms with Gasteiger partial charge in [0.25, 0.3) is 5.88 Å². The highest BCUT2D eigenvalue weighted by Crippen LogP contribution is 2.26. The second-order valence-electron chi connectivity index (χ2n) is 4.83. The average molecular weight is 323 g/mol. The summed E-state index contributed by atoms with van der Waals surface area (Å²) in [5, 5.41) is 12.6. The van der Waals surface area contributed by atoms with E-state index in [9.17, 15) is 5.11 Å². The second-order valence-corrected chi connectivity index (χ2v) is 5.35. The third-order valence-electron chi connectivity index (χ3n) is 2.77. The average Bonchev–Trinajstić information content (AvgIpc) is 3.05. The van der Waals surface area contributed by atoms with E-state index in [-0.39, 0.29) is 5.88 Å². The maximum atomic E-state index is 10.2. The fourth-order valence-electron chi connectivity index (χ4n) is 1.72. The Morgan fingerprint density at radius 2 is 2.33 bits per heavy atom. The van der Waals surface area contributed by atoms with Crippen LogP contribution in [0.25, 0.3) is 0 Å². The maximum absolute atomic E-state index is 10.2. The number of hydrogen-bond donors (Lipinski definition) is 2. The van der Waals surface area contributed by atoms with Crippen molar-refractivity contribution in [1.82, 2.24) is 14.1 Å². The van der Waals surface area contributed by atoms with Crippen LogP contribution in [-0.2, 0) is 4.74 Å². The molecular weight excluding hydrogens is 292 g/mol. The molecule has 2 heterocycles. The molecule has 7 nitrogen and oxygen atoms in total. The third-order valence-corrected chi connectivity index (χ3v) is 3.28. The van der Waals surface area contributed by atoms with Crippen LogP contribution >= 0.6 is 11.7 Å².